The molecule has 0 spiro atoms. The van der Waals surface area contributed by atoms with Crippen LogP contribution in [0.1, 0.15) is 41.5 Å². The second kappa shape index (κ2) is 7.06. The zero-order chi connectivity index (χ0) is 13.7. The molecule has 106 valence electrons. The quantitative estimate of drug-likeness (QED) is 0.796. The van der Waals surface area contributed by atoms with E-state index in [2.05, 4.69) is 43.5 Å². The smallest absolute Gasteiger partial charge is 0.0192 e. The van der Waals surface area contributed by atoms with E-state index in [-0.39, 0.29) is 0 Å². The van der Waals surface area contributed by atoms with Crippen LogP contribution in [0, 0.1) is 20.8 Å². The Morgan fingerprint density at radius 1 is 1.16 bits per heavy atom. The van der Waals surface area contributed by atoms with E-state index in [9.17, 15) is 0 Å². The molecule has 1 atom stereocenters. The Hall–Kier alpha value is -0.860. The lowest BCUT2D eigenvalue weighted by Crippen LogP contribution is -2.42. The topological polar surface area (TPSA) is 24.1 Å². The van der Waals surface area contributed by atoms with Gasteiger partial charge >= 0.3 is 0 Å². The molecule has 19 heavy (non-hydrogen) atoms. The van der Waals surface area contributed by atoms with Crippen LogP contribution in [0.2, 0.25) is 0 Å². The van der Waals surface area contributed by atoms with Gasteiger partial charge in [-0.15, -0.1) is 0 Å². The van der Waals surface area contributed by atoms with Gasteiger partial charge in [-0.1, -0.05) is 24.1 Å². The lowest BCUT2D eigenvalue weighted by Gasteiger charge is -2.23. The van der Waals surface area contributed by atoms with Gasteiger partial charge in [0, 0.05) is 12.6 Å². The Balaban J connectivity index is 1.76. The monoisotopic (exact) mass is 260 g/mol. The van der Waals surface area contributed by atoms with Crippen LogP contribution in [0.25, 0.3) is 0 Å². The largest absolute Gasteiger partial charge is 0.315 e. The first kappa shape index (κ1) is 14.5. The summed E-state index contributed by atoms with van der Waals surface area (Å²) in [6.07, 6.45) is 5.20. The molecule has 0 amide bonds. The molecule has 1 saturated heterocycles. The van der Waals surface area contributed by atoms with Crippen LogP contribution in [-0.4, -0.2) is 25.7 Å². The highest BCUT2D eigenvalue weighted by atomic mass is 15.0. The average molecular weight is 260 g/mol. The Kier molecular flexibility index (Phi) is 5.41. The maximum absolute atomic E-state index is 3.61. The highest BCUT2D eigenvalue weighted by molar-refractivity contribution is 5.37. The van der Waals surface area contributed by atoms with Crippen molar-refractivity contribution in [2.45, 2.75) is 52.5 Å². The van der Waals surface area contributed by atoms with Crippen LogP contribution >= 0.6 is 0 Å². The van der Waals surface area contributed by atoms with E-state index in [1.165, 1.54) is 48.1 Å². The minimum atomic E-state index is 0.689. The Morgan fingerprint density at radius 3 is 2.53 bits per heavy atom. The molecule has 2 rings (SSSR count). The van der Waals surface area contributed by atoms with E-state index in [4.69, 9.17) is 0 Å². The van der Waals surface area contributed by atoms with E-state index in [1.54, 1.807) is 0 Å². The van der Waals surface area contributed by atoms with Gasteiger partial charge in [0.1, 0.15) is 0 Å². The first-order valence-electron chi connectivity index (χ1n) is 7.67. The number of nitrogens with one attached hydrogen (secondary N) is 2. The third-order valence-corrected chi connectivity index (χ3v) is 4.20. The summed E-state index contributed by atoms with van der Waals surface area (Å²) < 4.78 is 0. The van der Waals surface area contributed by atoms with E-state index < -0.39 is 0 Å². The van der Waals surface area contributed by atoms with E-state index in [1.807, 2.05) is 0 Å². The molecule has 0 aliphatic carbocycles. The average Bonchev–Trinajstić information content (AvgIpc) is 2.38. The van der Waals surface area contributed by atoms with Gasteiger partial charge in [-0.25, -0.2) is 0 Å². The fourth-order valence-corrected chi connectivity index (χ4v) is 3.19. The molecule has 2 heteroatoms. The normalized spacial score (nSPS) is 19.6. The molecule has 0 aromatic heterocycles. The minimum absolute atomic E-state index is 0.689. The van der Waals surface area contributed by atoms with Gasteiger partial charge < -0.3 is 10.6 Å². The zero-order valence-electron chi connectivity index (χ0n) is 12.7. The number of benzene rings is 1. The van der Waals surface area contributed by atoms with Crippen molar-refractivity contribution in [1.82, 2.24) is 10.6 Å². The Morgan fingerprint density at radius 2 is 1.89 bits per heavy atom. The van der Waals surface area contributed by atoms with Crippen LogP contribution in [0.5, 0.6) is 0 Å². The predicted molar refractivity (Wildman–Crippen MR) is 82.9 cm³/mol. The molecule has 1 heterocycles. The van der Waals surface area contributed by atoms with Crippen molar-refractivity contribution in [3.63, 3.8) is 0 Å². The van der Waals surface area contributed by atoms with Crippen molar-refractivity contribution >= 4 is 0 Å². The minimum Gasteiger partial charge on any atom is -0.315 e. The highest BCUT2D eigenvalue weighted by Gasteiger charge is 2.11. The second-order valence-electron chi connectivity index (χ2n) is 5.98. The molecule has 1 aromatic rings. The lowest BCUT2D eigenvalue weighted by atomic mass is 9.97. The molecular weight excluding hydrogens is 232 g/mol. The van der Waals surface area contributed by atoms with E-state index in [0.717, 1.165) is 19.5 Å². The summed E-state index contributed by atoms with van der Waals surface area (Å²) in [5.74, 6) is 0. The number of rotatable bonds is 5. The first-order valence-corrected chi connectivity index (χ1v) is 7.67. The molecule has 1 aliphatic heterocycles. The molecule has 0 radical (unpaired) electrons. The third-order valence-electron chi connectivity index (χ3n) is 4.20. The Bertz CT molecular complexity index is 383. The van der Waals surface area contributed by atoms with Crippen molar-refractivity contribution in [1.29, 1.82) is 0 Å². The summed E-state index contributed by atoms with van der Waals surface area (Å²) in [5.41, 5.74) is 5.78. The molecule has 2 N–H and O–H groups in total. The third kappa shape index (κ3) is 4.32. The van der Waals surface area contributed by atoms with Crippen molar-refractivity contribution in [2.24, 2.45) is 0 Å². The van der Waals surface area contributed by atoms with Crippen molar-refractivity contribution in [3.05, 3.63) is 34.4 Å². The summed E-state index contributed by atoms with van der Waals surface area (Å²) in [6.45, 7) is 10.0. The van der Waals surface area contributed by atoms with Gasteiger partial charge in [-0.3, -0.25) is 0 Å². The molecule has 1 aliphatic rings. The second-order valence-corrected chi connectivity index (χ2v) is 5.98. The molecular formula is C17H28N2. The van der Waals surface area contributed by atoms with Gasteiger partial charge in [-0.2, -0.15) is 0 Å². The van der Waals surface area contributed by atoms with Crippen LogP contribution in [-0.2, 0) is 6.42 Å². The first-order chi connectivity index (χ1) is 9.16. The lowest BCUT2D eigenvalue weighted by molar-refractivity contribution is 0.384. The van der Waals surface area contributed by atoms with Gasteiger partial charge in [-0.05, 0) is 69.8 Å². The molecule has 1 unspecified atom stereocenters. The molecule has 0 saturated carbocycles. The van der Waals surface area contributed by atoms with Crippen molar-refractivity contribution in [3.8, 4) is 0 Å². The van der Waals surface area contributed by atoms with Crippen molar-refractivity contribution < 1.29 is 0 Å². The van der Waals surface area contributed by atoms with Gasteiger partial charge in [0.25, 0.3) is 0 Å². The SMILES string of the molecule is Cc1cc(C)c(CCNCC2CCCCN2)c(C)c1. The van der Waals surface area contributed by atoms with Crippen LogP contribution in [0.4, 0.5) is 0 Å². The Labute approximate surface area is 118 Å². The summed E-state index contributed by atoms with van der Waals surface area (Å²) >= 11 is 0. The molecule has 1 fully saturated rings. The summed E-state index contributed by atoms with van der Waals surface area (Å²) in [6, 6.07) is 5.28. The van der Waals surface area contributed by atoms with E-state index >= 15 is 0 Å². The number of hydrogen-bond donors (Lipinski definition) is 2. The van der Waals surface area contributed by atoms with Crippen LogP contribution in [0.15, 0.2) is 12.1 Å². The fourth-order valence-electron chi connectivity index (χ4n) is 3.19. The number of hydrogen-bond acceptors (Lipinski definition) is 2. The van der Waals surface area contributed by atoms with Crippen LogP contribution < -0.4 is 10.6 Å². The zero-order valence-corrected chi connectivity index (χ0v) is 12.7. The maximum Gasteiger partial charge on any atom is 0.0192 e. The van der Waals surface area contributed by atoms with Crippen molar-refractivity contribution in [2.75, 3.05) is 19.6 Å². The summed E-state index contributed by atoms with van der Waals surface area (Å²) in [4.78, 5) is 0. The highest BCUT2D eigenvalue weighted by Crippen LogP contribution is 2.16. The molecule has 2 nitrogen and oxygen atoms in total. The maximum atomic E-state index is 3.61. The summed E-state index contributed by atoms with van der Waals surface area (Å²) in [7, 11) is 0. The number of piperidine rings is 1. The van der Waals surface area contributed by atoms with Gasteiger partial charge in [0.15, 0.2) is 0 Å². The fraction of sp³-hybridized carbons (Fsp3) is 0.647. The standard InChI is InChI=1S/C17H28N2/c1-13-10-14(2)17(15(3)11-13)7-9-18-12-16-6-4-5-8-19-16/h10-11,16,18-19H,4-9,12H2,1-3H3. The van der Waals surface area contributed by atoms with E-state index in [0.29, 0.717) is 6.04 Å². The molecule has 0 bridgehead atoms. The predicted octanol–water partition coefficient (Wildman–Crippen LogP) is 2.89. The number of aryl methyl sites for hydroxylation is 3. The van der Waals surface area contributed by atoms with Crippen LogP contribution in [0.3, 0.4) is 0 Å². The van der Waals surface area contributed by atoms with Gasteiger partial charge in [0.05, 0.1) is 0 Å². The summed E-state index contributed by atoms with van der Waals surface area (Å²) in [5, 5.41) is 7.20. The van der Waals surface area contributed by atoms with Gasteiger partial charge in [0.2, 0.25) is 0 Å². The molecule has 1 aromatic carbocycles.